The van der Waals surface area contributed by atoms with Crippen molar-refractivity contribution < 1.29 is 55.8 Å². The minimum absolute atomic E-state index is 0.206. The molecule has 5 unspecified atom stereocenters. The van der Waals surface area contributed by atoms with Crippen LogP contribution in [0.5, 0.6) is 0 Å². The molecule has 0 N–H and O–H groups in total. The van der Waals surface area contributed by atoms with Crippen LogP contribution in [0.3, 0.4) is 0 Å². The van der Waals surface area contributed by atoms with Gasteiger partial charge in [0.1, 0.15) is 18.8 Å². The van der Waals surface area contributed by atoms with Crippen molar-refractivity contribution in [1.82, 2.24) is 0 Å². The van der Waals surface area contributed by atoms with Gasteiger partial charge in [-0.2, -0.15) is 0 Å². The first kappa shape index (κ1) is 25.7. The number of halogens is 3. The summed E-state index contributed by atoms with van der Waals surface area (Å²) in [7, 11) is -3.67. The van der Waals surface area contributed by atoms with Crippen molar-refractivity contribution in [2.24, 2.45) is 5.92 Å². The molecule has 0 spiro atoms. The molecule has 0 bridgehead atoms. The van der Waals surface area contributed by atoms with E-state index in [-0.39, 0.29) is 6.61 Å². The topological polar surface area (TPSA) is 114 Å². The molecular formula is C15H22BF3O9. The van der Waals surface area contributed by atoms with Crippen molar-refractivity contribution in [2.45, 2.75) is 59.2 Å². The number of hydrogen-bond acceptors (Lipinski definition) is 9. The highest BCUT2D eigenvalue weighted by molar-refractivity contribution is 6.33. The molecule has 0 amide bonds. The minimum atomic E-state index is -3.67. The fourth-order valence-corrected chi connectivity index (χ4v) is 2.42. The zero-order chi connectivity index (χ0) is 22.0. The Balaban J connectivity index is 0.00000165. The molecule has 1 aliphatic rings. The highest BCUT2D eigenvalue weighted by Crippen LogP contribution is 2.31. The molecule has 1 fully saturated rings. The standard InChI is InChI=1S/C15H22O9.BF3/c1-7-13(21-9(3)17)12(6-20-8(2)16)24-15(23-11(5)19)14(7)22-10(4)18;2-1(3)4/h7,12-15H,6H2,1-5H3;. The summed E-state index contributed by atoms with van der Waals surface area (Å²) >= 11 is 0. The molecule has 9 nitrogen and oxygen atoms in total. The van der Waals surface area contributed by atoms with Gasteiger partial charge in [0.15, 0.2) is 6.10 Å². The monoisotopic (exact) mass is 414 g/mol. The van der Waals surface area contributed by atoms with E-state index < -0.39 is 61.9 Å². The van der Waals surface area contributed by atoms with E-state index in [1.165, 1.54) is 27.7 Å². The third kappa shape index (κ3) is 10.1. The highest BCUT2D eigenvalue weighted by atomic mass is 19.4. The first-order chi connectivity index (χ1) is 12.8. The van der Waals surface area contributed by atoms with Crippen molar-refractivity contribution >= 4 is 31.4 Å². The number of rotatable bonds is 5. The van der Waals surface area contributed by atoms with Crippen LogP contribution in [0.25, 0.3) is 0 Å². The van der Waals surface area contributed by atoms with Crippen LogP contribution in [-0.4, -0.2) is 62.6 Å². The van der Waals surface area contributed by atoms with E-state index >= 15 is 0 Å². The van der Waals surface area contributed by atoms with Crippen molar-refractivity contribution in [3.8, 4) is 0 Å². The van der Waals surface area contributed by atoms with Crippen LogP contribution in [0.1, 0.15) is 34.6 Å². The second-order valence-corrected chi connectivity index (χ2v) is 5.71. The van der Waals surface area contributed by atoms with Crippen LogP contribution in [0, 0.1) is 5.92 Å². The molecule has 0 aliphatic carbocycles. The van der Waals surface area contributed by atoms with Gasteiger partial charge in [0.2, 0.25) is 6.29 Å². The predicted molar refractivity (Wildman–Crippen MR) is 86.4 cm³/mol. The molecule has 0 saturated carbocycles. The van der Waals surface area contributed by atoms with Gasteiger partial charge in [0.25, 0.3) is 0 Å². The Labute approximate surface area is 160 Å². The van der Waals surface area contributed by atoms with Gasteiger partial charge in [0, 0.05) is 33.6 Å². The lowest BCUT2D eigenvalue weighted by Gasteiger charge is -2.43. The molecule has 0 aromatic heterocycles. The average Bonchev–Trinajstić information content (AvgIpc) is 2.50. The van der Waals surface area contributed by atoms with Gasteiger partial charge in [-0.15, -0.1) is 0 Å². The lowest BCUT2D eigenvalue weighted by atomic mass is 9.90. The van der Waals surface area contributed by atoms with Gasteiger partial charge in [-0.1, -0.05) is 6.92 Å². The smallest absolute Gasteiger partial charge is 0.463 e. The van der Waals surface area contributed by atoms with E-state index in [0.29, 0.717) is 0 Å². The van der Waals surface area contributed by atoms with Crippen molar-refractivity contribution in [2.75, 3.05) is 6.61 Å². The molecule has 0 aromatic rings. The maximum atomic E-state index is 11.4. The van der Waals surface area contributed by atoms with Gasteiger partial charge >= 0.3 is 31.4 Å². The Morgan fingerprint density at radius 2 is 1.25 bits per heavy atom. The van der Waals surface area contributed by atoms with Crippen LogP contribution >= 0.6 is 0 Å². The maximum absolute atomic E-state index is 11.4. The van der Waals surface area contributed by atoms with Gasteiger partial charge in [0.05, 0.1) is 0 Å². The molecule has 1 saturated heterocycles. The largest absolute Gasteiger partial charge is 0.762 e. The fraction of sp³-hybridized carbons (Fsp3) is 0.733. The molecule has 28 heavy (non-hydrogen) atoms. The second-order valence-electron chi connectivity index (χ2n) is 5.71. The SMILES string of the molecule is CC(=O)OCC1OC(OC(C)=O)C(OC(C)=O)C(C)C1OC(C)=O.FB(F)F. The zero-order valence-electron chi connectivity index (χ0n) is 16.0. The molecule has 5 atom stereocenters. The number of carbonyl (C=O) groups excluding carboxylic acids is 4. The van der Waals surface area contributed by atoms with Gasteiger partial charge in [-0.3, -0.25) is 32.1 Å². The van der Waals surface area contributed by atoms with Crippen LogP contribution < -0.4 is 0 Å². The summed E-state index contributed by atoms with van der Waals surface area (Å²) < 4.78 is 54.9. The second kappa shape index (κ2) is 12.2. The van der Waals surface area contributed by atoms with E-state index in [0.717, 1.165) is 0 Å². The average molecular weight is 414 g/mol. The zero-order valence-corrected chi connectivity index (χ0v) is 16.0. The first-order valence-electron chi connectivity index (χ1n) is 8.07. The summed E-state index contributed by atoms with van der Waals surface area (Å²) in [6.45, 7) is 6.26. The summed E-state index contributed by atoms with van der Waals surface area (Å²) in [6, 6.07) is 0. The Kier molecular flexibility index (Phi) is 11.2. The molecule has 0 radical (unpaired) electrons. The maximum Gasteiger partial charge on any atom is 0.762 e. The molecule has 1 heterocycles. The van der Waals surface area contributed by atoms with E-state index in [9.17, 15) is 32.1 Å². The summed E-state index contributed by atoms with van der Waals surface area (Å²) in [5.41, 5.74) is 0. The Morgan fingerprint density at radius 1 is 0.821 bits per heavy atom. The lowest BCUT2D eigenvalue weighted by Crippen LogP contribution is -2.58. The lowest BCUT2D eigenvalue weighted by molar-refractivity contribution is -0.285. The van der Waals surface area contributed by atoms with Crippen molar-refractivity contribution in [1.29, 1.82) is 0 Å². The van der Waals surface area contributed by atoms with Crippen LogP contribution in [0.15, 0.2) is 0 Å². The molecular weight excluding hydrogens is 392 g/mol. The number of carbonyl (C=O) groups is 4. The molecule has 13 heteroatoms. The normalized spacial score (nSPS) is 26.1. The first-order valence-corrected chi connectivity index (χ1v) is 8.07. The molecule has 1 aliphatic heterocycles. The van der Waals surface area contributed by atoms with Crippen LogP contribution in [-0.2, 0) is 42.9 Å². The Hall–Kier alpha value is -2.31. The summed E-state index contributed by atoms with van der Waals surface area (Å²) in [6.07, 6.45) is -3.89. The fourth-order valence-electron chi connectivity index (χ4n) is 2.42. The summed E-state index contributed by atoms with van der Waals surface area (Å²) in [5.74, 6) is -2.92. The number of hydrogen-bond donors (Lipinski definition) is 0. The van der Waals surface area contributed by atoms with Crippen molar-refractivity contribution in [3.05, 3.63) is 0 Å². The van der Waals surface area contributed by atoms with E-state index in [2.05, 4.69) is 0 Å². The Morgan fingerprint density at radius 3 is 1.64 bits per heavy atom. The van der Waals surface area contributed by atoms with Crippen LogP contribution in [0.4, 0.5) is 12.9 Å². The van der Waals surface area contributed by atoms with Gasteiger partial charge in [-0.05, 0) is 0 Å². The third-order valence-corrected chi connectivity index (χ3v) is 3.32. The third-order valence-electron chi connectivity index (χ3n) is 3.32. The molecule has 160 valence electrons. The Bertz CT molecular complexity index is 556. The quantitative estimate of drug-likeness (QED) is 0.372. The highest BCUT2D eigenvalue weighted by Gasteiger charge is 2.49. The molecule has 1 rings (SSSR count). The van der Waals surface area contributed by atoms with E-state index in [1.54, 1.807) is 6.92 Å². The predicted octanol–water partition coefficient (Wildman–Crippen LogP) is 1.22. The summed E-state index contributed by atoms with van der Waals surface area (Å²) in [4.78, 5) is 45.0. The van der Waals surface area contributed by atoms with Crippen LogP contribution in [0.2, 0.25) is 0 Å². The van der Waals surface area contributed by atoms with Gasteiger partial charge < -0.3 is 23.7 Å². The van der Waals surface area contributed by atoms with Gasteiger partial charge in [-0.25, -0.2) is 0 Å². The molecule has 0 aromatic carbocycles. The minimum Gasteiger partial charge on any atom is -0.463 e. The van der Waals surface area contributed by atoms with Crippen molar-refractivity contribution in [3.63, 3.8) is 0 Å². The number of esters is 4. The summed E-state index contributed by atoms with van der Waals surface area (Å²) in [5, 5.41) is 0. The van der Waals surface area contributed by atoms with E-state index in [4.69, 9.17) is 23.7 Å². The number of ether oxygens (including phenoxy) is 5. The van der Waals surface area contributed by atoms with E-state index in [1.807, 2.05) is 0 Å².